The van der Waals surface area contributed by atoms with E-state index in [-0.39, 0.29) is 30.7 Å². The van der Waals surface area contributed by atoms with E-state index in [4.69, 9.17) is 9.47 Å². The Balaban J connectivity index is 0.00000338. The molecule has 0 aliphatic rings. The summed E-state index contributed by atoms with van der Waals surface area (Å²) in [5.41, 5.74) is 1.31. The fourth-order valence-electron chi connectivity index (χ4n) is 2.18. The molecule has 2 aromatic rings. The van der Waals surface area contributed by atoms with Gasteiger partial charge in [-0.2, -0.15) is 0 Å². The molecule has 2 rings (SSSR count). The summed E-state index contributed by atoms with van der Waals surface area (Å²) < 4.78 is 23.6. The van der Waals surface area contributed by atoms with Gasteiger partial charge in [-0.15, -0.1) is 12.4 Å². The third kappa shape index (κ3) is 7.39. The van der Waals surface area contributed by atoms with Crippen molar-refractivity contribution in [3.8, 4) is 5.75 Å². The molecule has 5 nitrogen and oxygen atoms in total. The third-order valence-corrected chi connectivity index (χ3v) is 3.51. The van der Waals surface area contributed by atoms with Gasteiger partial charge in [-0.1, -0.05) is 24.3 Å². The topological polar surface area (TPSA) is 59.6 Å². The molecule has 0 atom stereocenters. The SMILES string of the molecule is COCCNCCNC(=O)c1ccccc1OCc1ccc(F)cc1.Cl. The molecule has 26 heavy (non-hydrogen) atoms. The fraction of sp³-hybridized carbons (Fsp3) is 0.316. The molecule has 1 amide bonds. The zero-order valence-corrected chi connectivity index (χ0v) is 15.5. The van der Waals surface area contributed by atoms with Gasteiger partial charge in [0.05, 0.1) is 12.2 Å². The first kappa shape index (κ1) is 21.9. The van der Waals surface area contributed by atoms with Gasteiger partial charge in [0.2, 0.25) is 0 Å². The number of carbonyl (C=O) groups excluding carboxylic acids is 1. The highest BCUT2D eigenvalue weighted by atomic mass is 35.5. The second kappa shape index (κ2) is 12.2. The second-order valence-corrected chi connectivity index (χ2v) is 5.41. The molecule has 0 saturated carbocycles. The highest BCUT2D eigenvalue weighted by molar-refractivity contribution is 5.96. The number of hydrogen-bond acceptors (Lipinski definition) is 4. The van der Waals surface area contributed by atoms with Gasteiger partial charge in [-0.05, 0) is 29.8 Å². The van der Waals surface area contributed by atoms with E-state index in [9.17, 15) is 9.18 Å². The minimum atomic E-state index is -0.289. The van der Waals surface area contributed by atoms with E-state index in [0.29, 0.717) is 31.0 Å². The average Bonchev–Trinajstić information content (AvgIpc) is 2.64. The molecule has 0 spiro atoms. The quantitative estimate of drug-likeness (QED) is 0.620. The van der Waals surface area contributed by atoms with Gasteiger partial charge in [-0.25, -0.2) is 4.39 Å². The normalized spacial score (nSPS) is 10.1. The molecule has 2 aromatic carbocycles. The minimum Gasteiger partial charge on any atom is -0.488 e. The molecule has 0 aliphatic carbocycles. The number of para-hydroxylation sites is 1. The lowest BCUT2D eigenvalue weighted by Crippen LogP contribution is -2.33. The summed E-state index contributed by atoms with van der Waals surface area (Å²) in [6.45, 7) is 2.81. The summed E-state index contributed by atoms with van der Waals surface area (Å²) in [6.07, 6.45) is 0. The fourth-order valence-corrected chi connectivity index (χ4v) is 2.18. The van der Waals surface area contributed by atoms with Crippen LogP contribution >= 0.6 is 12.4 Å². The Hall–Kier alpha value is -2.15. The van der Waals surface area contributed by atoms with Crippen molar-refractivity contribution in [3.05, 3.63) is 65.5 Å². The van der Waals surface area contributed by atoms with Crippen molar-refractivity contribution in [1.82, 2.24) is 10.6 Å². The molecular formula is C19H24ClFN2O3. The van der Waals surface area contributed by atoms with Crippen molar-refractivity contribution in [1.29, 1.82) is 0 Å². The van der Waals surface area contributed by atoms with E-state index >= 15 is 0 Å². The molecule has 7 heteroatoms. The lowest BCUT2D eigenvalue weighted by molar-refractivity contribution is 0.0949. The van der Waals surface area contributed by atoms with Gasteiger partial charge < -0.3 is 20.1 Å². The summed E-state index contributed by atoms with van der Waals surface area (Å²) >= 11 is 0. The highest BCUT2D eigenvalue weighted by Gasteiger charge is 2.11. The van der Waals surface area contributed by atoms with Crippen LogP contribution in [0.15, 0.2) is 48.5 Å². The van der Waals surface area contributed by atoms with Crippen molar-refractivity contribution < 1.29 is 18.7 Å². The van der Waals surface area contributed by atoms with Crippen LogP contribution in [0.25, 0.3) is 0 Å². The number of halogens is 2. The van der Waals surface area contributed by atoms with Gasteiger partial charge in [0, 0.05) is 26.7 Å². The number of benzene rings is 2. The number of ether oxygens (including phenoxy) is 2. The number of rotatable bonds is 10. The number of methoxy groups -OCH3 is 1. The van der Waals surface area contributed by atoms with E-state index in [2.05, 4.69) is 10.6 Å². The lowest BCUT2D eigenvalue weighted by Gasteiger charge is -2.12. The Bertz CT molecular complexity index is 668. The van der Waals surface area contributed by atoms with Crippen LogP contribution in [0.5, 0.6) is 5.75 Å². The van der Waals surface area contributed by atoms with E-state index in [1.165, 1.54) is 12.1 Å². The monoisotopic (exact) mass is 382 g/mol. The molecule has 0 aromatic heterocycles. The maximum absolute atomic E-state index is 12.9. The first-order valence-electron chi connectivity index (χ1n) is 8.15. The Morgan fingerprint density at radius 2 is 1.77 bits per heavy atom. The van der Waals surface area contributed by atoms with Crippen LogP contribution in [0.4, 0.5) is 4.39 Å². The summed E-state index contributed by atoms with van der Waals surface area (Å²) in [5.74, 6) is 0.0163. The van der Waals surface area contributed by atoms with Gasteiger partial charge in [0.15, 0.2) is 0 Å². The van der Waals surface area contributed by atoms with Gasteiger partial charge in [0.1, 0.15) is 18.2 Å². The average molecular weight is 383 g/mol. The Morgan fingerprint density at radius 1 is 1.04 bits per heavy atom. The van der Waals surface area contributed by atoms with Crippen LogP contribution in [0.1, 0.15) is 15.9 Å². The first-order chi connectivity index (χ1) is 12.2. The summed E-state index contributed by atoms with van der Waals surface area (Å²) in [4.78, 5) is 12.3. The maximum atomic E-state index is 12.9. The number of amides is 1. The molecule has 0 radical (unpaired) electrons. The molecule has 0 bridgehead atoms. The largest absolute Gasteiger partial charge is 0.488 e. The van der Waals surface area contributed by atoms with Crippen molar-refractivity contribution in [3.63, 3.8) is 0 Å². The Kier molecular flexibility index (Phi) is 10.3. The minimum absolute atomic E-state index is 0. The van der Waals surface area contributed by atoms with E-state index in [0.717, 1.165) is 12.1 Å². The molecule has 0 fully saturated rings. The van der Waals surface area contributed by atoms with Gasteiger partial charge in [0.25, 0.3) is 5.91 Å². The molecule has 0 heterocycles. The maximum Gasteiger partial charge on any atom is 0.255 e. The van der Waals surface area contributed by atoms with Crippen molar-refractivity contribution >= 4 is 18.3 Å². The van der Waals surface area contributed by atoms with Crippen LogP contribution in [0.2, 0.25) is 0 Å². The predicted molar refractivity (Wildman–Crippen MR) is 102 cm³/mol. The zero-order chi connectivity index (χ0) is 17.9. The summed E-state index contributed by atoms with van der Waals surface area (Å²) in [5, 5.41) is 6.01. The van der Waals surface area contributed by atoms with Crippen molar-refractivity contribution in [2.24, 2.45) is 0 Å². The van der Waals surface area contributed by atoms with Gasteiger partial charge in [-0.3, -0.25) is 4.79 Å². The standard InChI is InChI=1S/C19H23FN2O3.ClH/c1-24-13-12-21-10-11-22-19(23)17-4-2-3-5-18(17)25-14-15-6-8-16(20)9-7-15;/h2-9,21H,10-14H2,1H3,(H,22,23);1H. The number of nitrogens with one attached hydrogen (secondary N) is 2. The third-order valence-electron chi connectivity index (χ3n) is 3.51. The molecular weight excluding hydrogens is 359 g/mol. The van der Waals surface area contributed by atoms with Crippen LogP contribution in [-0.4, -0.2) is 39.3 Å². The predicted octanol–water partition coefficient (Wildman–Crippen LogP) is 2.79. The van der Waals surface area contributed by atoms with Crippen LogP contribution in [0.3, 0.4) is 0 Å². The second-order valence-electron chi connectivity index (χ2n) is 5.41. The van der Waals surface area contributed by atoms with Crippen molar-refractivity contribution in [2.45, 2.75) is 6.61 Å². The van der Waals surface area contributed by atoms with Crippen LogP contribution < -0.4 is 15.4 Å². The number of carbonyl (C=O) groups is 1. The van der Waals surface area contributed by atoms with E-state index in [1.54, 1.807) is 37.4 Å². The van der Waals surface area contributed by atoms with Crippen LogP contribution in [0, 0.1) is 5.82 Å². The molecule has 0 saturated heterocycles. The Morgan fingerprint density at radius 3 is 2.50 bits per heavy atom. The smallest absolute Gasteiger partial charge is 0.255 e. The highest BCUT2D eigenvalue weighted by Crippen LogP contribution is 2.19. The zero-order valence-electron chi connectivity index (χ0n) is 14.7. The molecule has 0 unspecified atom stereocenters. The Labute approximate surface area is 159 Å². The van der Waals surface area contributed by atoms with E-state index in [1.807, 2.05) is 6.07 Å². The van der Waals surface area contributed by atoms with Gasteiger partial charge >= 0.3 is 0 Å². The summed E-state index contributed by atoms with van der Waals surface area (Å²) in [6, 6.07) is 13.1. The molecule has 2 N–H and O–H groups in total. The lowest BCUT2D eigenvalue weighted by atomic mass is 10.2. The first-order valence-corrected chi connectivity index (χ1v) is 8.15. The number of hydrogen-bond donors (Lipinski definition) is 2. The molecule has 142 valence electrons. The van der Waals surface area contributed by atoms with Crippen molar-refractivity contribution in [2.75, 3.05) is 33.4 Å². The summed E-state index contributed by atoms with van der Waals surface area (Å²) in [7, 11) is 1.65. The molecule has 0 aliphatic heterocycles. The van der Waals surface area contributed by atoms with Crippen LogP contribution in [-0.2, 0) is 11.3 Å². The van der Waals surface area contributed by atoms with E-state index < -0.39 is 0 Å².